The van der Waals surface area contributed by atoms with Gasteiger partial charge in [0, 0.05) is 5.56 Å². The van der Waals surface area contributed by atoms with Crippen LogP contribution in [-0.2, 0) is 6.61 Å². The maximum absolute atomic E-state index is 5.84. The Kier molecular flexibility index (Phi) is 3.84. The Morgan fingerprint density at radius 1 is 0.905 bits per heavy atom. The van der Waals surface area contributed by atoms with Gasteiger partial charge in [-0.2, -0.15) is 0 Å². The summed E-state index contributed by atoms with van der Waals surface area (Å²) in [7, 11) is 0. The molecule has 0 radical (unpaired) electrons. The van der Waals surface area contributed by atoms with Crippen LogP contribution in [0.1, 0.15) is 11.1 Å². The van der Waals surface area contributed by atoms with Gasteiger partial charge in [-0.3, -0.25) is 0 Å². The highest BCUT2D eigenvalue weighted by Gasteiger charge is 2.00. The van der Waals surface area contributed by atoms with Gasteiger partial charge in [-0.15, -0.1) is 0 Å². The molecular weight excluding hydrogens is 278 g/mol. The van der Waals surface area contributed by atoms with E-state index in [4.69, 9.17) is 22.7 Å². The maximum Gasteiger partial charge on any atom is 0.120 e. The Morgan fingerprint density at radius 3 is 2.33 bits per heavy atom. The Balaban J connectivity index is 1.72. The first kappa shape index (κ1) is 13.6. The molecule has 0 heterocycles. The van der Waals surface area contributed by atoms with Gasteiger partial charge in [-0.05, 0) is 28.5 Å². The molecule has 0 aliphatic rings. The molecule has 0 saturated heterocycles. The molecule has 3 heteroatoms. The third-order valence-electron chi connectivity index (χ3n) is 3.36. The lowest BCUT2D eigenvalue weighted by atomic mass is 10.1. The minimum absolute atomic E-state index is 0.414. The van der Waals surface area contributed by atoms with Gasteiger partial charge >= 0.3 is 0 Å². The van der Waals surface area contributed by atoms with Gasteiger partial charge in [0.25, 0.3) is 0 Å². The maximum atomic E-state index is 5.84. The summed E-state index contributed by atoms with van der Waals surface area (Å²) in [5.41, 5.74) is 7.54. The Bertz CT molecular complexity index is 781. The van der Waals surface area contributed by atoms with Crippen molar-refractivity contribution in [2.45, 2.75) is 6.61 Å². The molecule has 0 saturated carbocycles. The van der Waals surface area contributed by atoms with Crippen LogP contribution >= 0.6 is 12.2 Å². The zero-order valence-electron chi connectivity index (χ0n) is 11.5. The molecule has 3 aromatic rings. The molecule has 0 aliphatic carbocycles. The van der Waals surface area contributed by atoms with E-state index in [0.29, 0.717) is 11.6 Å². The van der Waals surface area contributed by atoms with Crippen LogP contribution in [0, 0.1) is 0 Å². The Morgan fingerprint density at radius 2 is 1.62 bits per heavy atom. The summed E-state index contributed by atoms with van der Waals surface area (Å²) in [6.07, 6.45) is 0. The molecule has 0 atom stereocenters. The molecule has 0 unspecified atom stereocenters. The van der Waals surface area contributed by atoms with Crippen molar-refractivity contribution in [3.05, 3.63) is 77.9 Å². The topological polar surface area (TPSA) is 35.2 Å². The Labute approximate surface area is 129 Å². The molecule has 3 aromatic carbocycles. The molecule has 0 aliphatic heterocycles. The number of nitrogens with two attached hydrogens (primary N) is 1. The van der Waals surface area contributed by atoms with Crippen LogP contribution in [0.4, 0.5) is 0 Å². The molecule has 104 valence electrons. The molecule has 0 fully saturated rings. The highest BCUT2D eigenvalue weighted by Crippen LogP contribution is 2.21. The predicted molar refractivity (Wildman–Crippen MR) is 90.6 cm³/mol. The van der Waals surface area contributed by atoms with Gasteiger partial charge in [-0.25, -0.2) is 0 Å². The lowest BCUT2D eigenvalue weighted by Gasteiger charge is -2.08. The van der Waals surface area contributed by atoms with Crippen molar-refractivity contribution in [1.29, 1.82) is 0 Å². The van der Waals surface area contributed by atoms with Crippen molar-refractivity contribution in [3.63, 3.8) is 0 Å². The van der Waals surface area contributed by atoms with E-state index in [1.807, 2.05) is 42.5 Å². The molecule has 0 spiro atoms. The summed E-state index contributed by atoms with van der Waals surface area (Å²) in [6, 6.07) is 22.2. The van der Waals surface area contributed by atoms with Gasteiger partial charge in [-0.1, -0.05) is 66.8 Å². The van der Waals surface area contributed by atoms with E-state index in [9.17, 15) is 0 Å². The Hall–Kier alpha value is -2.39. The smallest absolute Gasteiger partial charge is 0.120 e. The summed E-state index contributed by atoms with van der Waals surface area (Å²) in [5.74, 6) is 0.868. The molecule has 0 bridgehead atoms. The van der Waals surface area contributed by atoms with E-state index in [1.165, 1.54) is 10.8 Å². The largest absolute Gasteiger partial charge is 0.489 e. The zero-order valence-corrected chi connectivity index (χ0v) is 12.3. The van der Waals surface area contributed by atoms with Gasteiger partial charge < -0.3 is 10.5 Å². The van der Waals surface area contributed by atoms with Crippen molar-refractivity contribution in [1.82, 2.24) is 0 Å². The SMILES string of the molecule is NC(=S)c1ccc(COc2ccc3ccccc3c2)cc1. The first-order valence-corrected chi connectivity index (χ1v) is 7.13. The fourth-order valence-electron chi connectivity index (χ4n) is 2.19. The van der Waals surface area contributed by atoms with Crippen molar-refractivity contribution in [2.75, 3.05) is 0 Å². The van der Waals surface area contributed by atoms with Crippen molar-refractivity contribution >= 4 is 28.0 Å². The monoisotopic (exact) mass is 293 g/mol. The van der Waals surface area contributed by atoms with Crippen molar-refractivity contribution < 1.29 is 4.74 Å². The number of hydrogen-bond acceptors (Lipinski definition) is 2. The van der Waals surface area contributed by atoms with Crippen LogP contribution in [0.25, 0.3) is 10.8 Å². The van der Waals surface area contributed by atoms with Crippen molar-refractivity contribution in [3.8, 4) is 5.75 Å². The van der Waals surface area contributed by atoms with Gasteiger partial charge in [0.05, 0.1) is 0 Å². The molecule has 0 aromatic heterocycles. The third kappa shape index (κ3) is 3.20. The molecule has 2 nitrogen and oxygen atoms in total. The number of rotatable bonds is 4. The second-order valence-corrected chi connectivity index (χ2v) is 5.30. The summed E-state index contributed by atoms with van der Waals surface area (Å²) < 4.78 is 5.84. The fraction of sp³-hybridized carbons (Fsp3) is 0.0556. The molecule has 3 rings (SSSR count). The van der Waals surface area contributed by atoms with Crippen molar-refractivity contribution in [2.24, 2.45) is 5.73 Å². The van der Waals surface area contributed by atoms with Crippen LogP contribution < -0.4 is 10.5 Å². The number of benzene rings is 3. The van der Waals surface area contributed by atoms with E-state index >= 15 is 0 Å². The number of fused-ring (bicyclic) bond motifs is 1. The average molecular weight is 293 g/mol. The zero-order chi connectivity index (χ0) is 14.7. The highest BCUT2D eigenvalue weighted by atomic mass is 32.1. The average Bonchev–Trinajstić information content (AvgIpc) is 2.53. The summed E-state index contributed by atoms with van der Waals surface area (Å²) >= 11 is 4.94. The molecule has 2 N–H and O–H groups in total. The third-order valence-corrected chi connectivity index (χ3v) is 3.60. The lowest BCUT2D eigenvalue weighted by molar-refractivity contribution is 0.306. The van der Waals surface area contributed by atoms with Gasteiger partial charge in [0.1, 0.15) is 17.3 Å². The highest BCUT2D eigenvalue weighted by molar-refractivity contribution is 7.80. The summed E-state index contributed by atoms with van der Waals surface area (Å²) in [5, 5.41) is 2.39. The van der Waals surface area contributed by atoms with E-state index in [0.717, 1.165) is 16.9 Å². The van der Waals surface area contributed by atoms with Crippen LogP contribution in [0.2, 0.25) is 0 Å². The lowest BCUT2D eigenvalue weighted by Crippen LogP contribution is -2.09. The second-order valence-electron chi connectivity index (χ2n) is 4.86. The minimum atomic E-state index is 0.414. The first-order chi connectivity index (χ1) is 10.2. The predicted octanol–water partition coefficient (Wildman–Crippen LogP) is 4.05. The van der Waals surface area contributed by atoms with Crippen LogP contribution in [0.15, 0.2) is 66.7 Å². The normalized spacial score (nSPS) is 10.5. The first-order valence-electron chi connectivity index (χ1n) is 6.73. The van der Waals surface area contributed by atoms with Gasteiger partial charge in [0.2, 0.25) is 0 Å². The van der Waals surface area contributed by atoms with E-state index in [-0.39, 0.29) is 0 Å². The second kappa shape index (κ2) is 5.94. The van der Waals surface area contributed by atoms with Gasteiger partial charge in [0.15, 0.2) is 0 Å². The van der Waals surface area contributed by atoms with E-state index < -0.39 is 0 Å². The summed E-state index contributed by atoms with van der Waals surface area (Å²) in [4.78, 5) is 0.414. The minimum Gasteiger partial charge on any atom is -0.489 e. The number of ether oxygens (including phenoxy) is 1. The number of hydrogen-bond donors (Lipinski definition) is 1. The fourth-order valence-corrected chi connectivity index (χ4v) is 2.33. The number of thiocarbonyl (C=S) groups is 1. The quantitative estimate of drug-likeness (QED) is 0.737. The summed E-state index contributed by atoms with van der Waals surface area (Å²) in [6.45, 7) is 0.524. The molecular formula is C18H15NOS. The molecule has 0 amide bonds. The van der Waals surface area contributed by atoms with E-state index in [1.54, 1.807) is 0 Å². The van der Waals surface area contributed by atoms with Crippen LogP contribution in [-0.4, -0.2) is 4.99 Å². The van der Waals surface area contributed by atoms with E-state index in [2.05, 4.69) is 24.3 Å². The standard InChI is InChI=1S/C18H15NOS/c19-18(21)15-7-5-13(6-8-15)12-20-17-10-9-14-3-1-2-4-16(14)11-17/h1-11H,12H2,(H2,19,21). The molecule has 21 heavy (non-hydrogen) atoms. The van der Waals surface area contributed by atoms with Crippen LogP contribution in [0.5, 0.6) is 5.75 Å². The van der Waals surface area contributed by atoms with Crippen LogP contribution in [0.3, 0.4) is 0 Å².